The van der Waals surface area contributed by atoms with Crippen molar-refractivity contribution in [3.63, 3.8) is 0 Å². The molecular formula is C21H35NO9. The van der Waals surface area contributed by atoms with Gasteiger partial charge in [0.05, 0.1) is 0 Å². The highest BCUT2D eigenvalue weighted by Crippen LogP contribution is 2.28. The normalized spacial score (nSPS) is 25.4. The van der Waals surface area contributed by atoms with Crippen LogP contribution in [0.2, 0.25) is 0 Å². The van der Waals surface area contributed by atoms with Crippen molar-refractivity contribution in [2.45, 2.75) is 97.4 Å². The van der Waals surface area contributed by atoms with Crippen LogP contribution in [0.4, 0.5) is 0 Å². The summed E-state index contributed by atoms with van der Waals surface area (Å²) in [5.41, 5.74) is 0. The number of rotatable bonds is 12. The van der Waals surface area contributed by atoms with Gasteiger partial charge in [-0.05, 0) is 6.42 Å². The van der Waals surface area contributed by atoms with Crippen LogP contribution in [0.15, 0.2) is 0 Å². The third-order valence-electron chi connectivity index (χ3n) is 4.60. The Balaban J connectivity index is 3.07. The lowest BCUT2D eigenvalue weighted by atomic mass is 9.96. The van der Waals surface area contributed by atoms with E-state index in [0.717, 1.165) is 32.1 Å². The molecule has 0 radical (unpaired) electrons. The van der Waals surface area contributed by atoms with E-state index in [1.165, 1.54) is 27.7 Å². The summed E-state index contributed by atoms with van der Waals surface area (Å²) in [7, 11) is 0. The SMILES string of the molecule is CCCCCCCO[C@H]1O[C@@H](COC(C)=O)[C@@H](OC(C)=O)[C@@H](OC(C)=O)[C@@H]1NC(C)=O. The molecule has 0 aromatic carbocycles. The third kappa shape index (κ3) is 10.1. The predicted octanol–water partition coefficient (Wildman–Crippen LogP) is 1.63. The minimum absolute atomic E-state index is 0.242. The second-order valence-corrected chi connectivity index (χ2v) is 7.50. The fourth-order valence-electron chi connectivity index (χ4n) is 3.34. The number of nitrogens with one attached hydrogen (secondary N) is 1. The summed E-state index contributed by atoms with van der Waals surface area (Å²) in [4.78, 5) is 46.6. The van der Waals surface area contributed by atoms with Crippen molar-refractivity contribution in [3.05, 3.63) is 0 Å². The highest BCUT2D eigenvalue weighted by atomic mass is 16.7. The first-order chi connectivity index (χ1) is 14.6. The lowest BCUT2D eigenvalue weighted by Crippen LogP contribution is -2.66. The molecule has 0 unspecified atom stereocenters. The lowest BCUT2D eigenvalue weighted by molar-refractivity contribution is -0.277. The van der Waals surface area contributed by atoms with Crippen LogP contribution in [0.1, 0.15) is 66.7 Å². The number of unbranched alkanes of at least 4 members (excludes halogenated alkanes) is 4. The zero-order valence-corrected chi connectivity index (χ0v) is 19.0. The van der Waals surface area contributed by atoms with Crippen molar-refractivity contribution in [2.75, 3.05) is 13.2 Å². The summed E-state index contributed by atoms with van der Waals surface area (Å²) in [6, 6.07) is -0.921. The Kier molecular flexibility index (Phi) is 12.1. The molecule has 1 N–H and O–H groups in total. The van der Waals surface area contributed by atoms with Crippen LogP contribution in [0.3, 0.4) is 0 Å². The zero-order chi connectivity index (χ0) is 23.4. The molecule has 1 heterocycles. The molecule has 1 aliphatic rings. The average molecular weight is 446 g/mol. The summed E-state index contributed by atoms with van der Waals surface area (Å²) in [5, 5.41) is 2.67. The fourth-order valence-corrected chi connectivity index (χ4v) is 3.34. The number of hydrogen-bond donors (Lipinski definition) is 1. The van der Waals surface area contributed by atoms with E-state index in [2.05, 4.69) is 12.2 Å². The monoisotopic (exact) mass is 445 g/mol. The standard InChI is InChI=1S/C21H35NO9/c1-6-7-8-9-10-11-27-21-18(22-13(2)23)20(30-16(5)26)19(29-15(4)25)17(31-21)12-28-14(3)24/h17-21H,6-12H2,1-5H3,(H,22,23)/t17-,18-,19+,20-,21-/m0/s1. The summed E-state index contributed by atoms with van der Waals surface area (Å²) >= 11 is 0. The maximum absolute atomic E-state index is 11.8. The van der Waals surface area contributed by atoms with Gasteiger partial charge in [0, 0.05) is 34.3 Å². The van der Waals surface area contributed by atoms with Gasteiger partial charge in [-0.1, -0.05) is 32.6 Å². The van der Waals surface area contributed by atoms with Gasteiger partial charge < -0.3 is 29.0 Å². The molecule has 0 aromatic rings. The summed E-state index contributed by atoms with van der Waals surface area (Å²) < 4.78 is 27.6. The summed E-state index contributed by atoms with van der Waals surface area (Å²) in [6.07, 6.45) is 0.957. The molecule has 31 heavy (non-hydrogen) atoms. The zero-order valence-electron chi connectivity index (χ0n) is 19.0. The van der Waals surface area contributed by atoms with Crippen LogP contribution in [-0.2, 0) is 42.9 Å². The first kappa shape index (κ1) is 26.8. The molecule has 0 saturated carbocycles. The van der Waals surface area contributed by atoms with Crippen molar-refractivity contribution in [1.29, 1.82) is 0 Å². The topological polar surface area (TPSA) is 126 Å². The minimum atomic E-state index is -1.11. The van der Waals surface area contributed by atoms with Crippen LogP contribution < -0.4 is 5.32 Å². The average Bonchev–Trinajstić information content (AvgIpc) is 2.66. The van der Waals surface area contributed by atoms with E-state index in [4.69, 9.17) is 23.7 Å². The van der Waals surface area contributed by atoms with Crippen molar-refractivity contribution < 1.29 is 42.9 Å². The van der Waals surface area contributed by atoms with Crippen molar-refractivity contribution in [1.82, 2.24) is 5.32 Å². The Hall–Kier alpha value is -2.20. The largest absolute Gasteiger partial charge is 0.463 e. The van der Waals surface area contributed by atoms with Gasteiger partial charge >= 0.3 is 17.9 Å². The molecule has 0 aromatic heterocycles. The highest BCUT2D eigenvalue weighted by Gasteiger charge is 2.51. The second kappa shape index (κ2) is 14.0. The number of esters is 3. The number of hydrogen-bond acceptors (Lipinski definition) is 9. The van der Waals surface area contributed by atoms with Crippen molar-refractivity contribution >= 4 is 23.8 Å². The van der Waals surface area contributed by atoms with E-state index in [1.807, 2.05) is 0 Å². The Morgan fingerprint density at radius 1 is 0.839 bits per heavy atom. The van der Waals surface area contributed by atoms with E-state index < -0.39 is 54.5 Å². The van der Waals surface area contributed by atoms with E-state index in [1.54, 1.807) is 0 Å². The number of carbonyl (C=O) groups excluding carboxylic acids is 4. The molecule has 1 amide bonds. The van der Waals surface area contributed by atoms with Crippen LogP contribution in [-0.4, -0.2) is 67.7 Å². The maximum atomic E-state index is 11.8. The molecule has 10 nitrogen and oxygen atoms in total. The fraction of sp³-hybridized carbons (Fsp3) is 0.810. The number of ether oxygens (including phenoxy) is 5. The highest BCUT2D eigenvalue weighted by molar-refractivity contribution is 5.73. The van der Waals surface area contributed by atoms with Crippen LogP contribution in [0, 0.1) is 0 Å². The summed E-state index contributed by atoms with van der Waals surface area (Å²) in [6.45, 7) is 7.18. The second-order valence-electron chi connectivity index (χ2n) is 7.50. The van der Waals surface area contributed by atoms with Crippen LogP contribution in [0.25, 0.3) is 0 Å². The van der Waals surface area contributed by atoms with Gasteiger partial charge in [-0.25, -0.2) is 0 Å². The Morgan fingerprint density at radius 2 is 1.45 bits per heavy atom. The lowest BCUT2D eigenvalue weighted by Gasteiger charge is -2.44. The smallest absolute Gasteiger partial charge is 0.303 e. The van der Waals surface area contributed by atoms with Crippen LogP contribution >= 0.6 is 0 Å². The molecule has 0 bridgehead atoms. The van der Waals surface area contributed by atoms with Crippen molar-refractivity contribution in [3.8, 4) is 0 Å². The molecule has 178 valence electrons. The molecule has 0 aliphatic carbocycles. The quantitative estimate of drug-likeness (QED) is 0.271. The predicted molar refractivity (Wildman–Crippen MR) is 109 cm³/mol. The molecule has 1 rings (SSSR count). The van der Waals surface area contributed by atoms with Gasteiger partial charge in [0.2, 0.25) is 5.91 Å². The molecule has 10 heteroatoms. The van der Waals surface area contributed by atoms with Gasteiger partial charge in [-0.2, -0.15) is 0 Å². The molecule has 5 atom stereocenters. The molecule has 1 fully saturated rings. The third-order valence-corrected chi connectivity index (χ3v) is 4.60. The minimum Gasteiger partial charge on any atom is -0.463 e. The molecular weight excluding hydrogens is 410 g/mol. The number of carbonyl (C=O) groups is 4. The van der Waals surface area contributed by atoms with Crippen LogP contribution in [0.5, 0.6) is 0 Å². The summed E-state index contributed by atoms with van der Waals surface area (Å²) in [5.74, 6) is -2.23. The van der Waals surface area contributed by atoms with Gasteiger partial charge in [0.1, 0.15) is 18.8 Å². The molecule has 0 spiro atoms. The first-order valence-corrected chi connectivity index (χ1v) is 10.7. The van der Waals surface area contributed by atoms with E-state index in [0.29, 0.717) is 6.61 Å². The molecule has 1 aliphatic heterocycles. The Morgan fingerprint density at radius 3 is 2.00 bits per heavy atom. The first-order valence-electron chi connectivity index (χ1n) is 10.7. The van der Waals surface area contributed by atoms with E-state index in [-0.39, 0.29) is 6.61 Å². The van der Waals surface area contributed by atoms with Gasteiger partial charge in [-0.3, -0.25) is 19.2 Å². The number of amides is 1. The van der Waals surface area contributed by atoms with Crippen molar-refractivity contribution in [2.24, 2.45) is 0 Å². The Labute approximate surface area is 183 Å². The molecule has 1 saturated heterocycles. The van der Waals surface area contributed by atoms with Gasteiger partial charge in [0.25, 0.3) is 0 Å². The Bertz CT molecular complexity index is 610. The van der Waals surface area contributed by atoms with Gasteiger partial charge in [-0.15, -0.1) is 0 Å². The maximum Gasteiger partial charge on any atom is 0.303 e. The van der Waals surface area contributed by atoms with E-state index in [9.17, 15) is 19.2 Å². The van der Waals surface area contributed by atoms with E-state index >= 15 is 0 Å². The van der Waals surface area contributed by atoms with Gasteiger partial charge in [0.15, 0.2) is 18.5 Å².